The maximum atomic E-state index is 12.6. The van der Waals surface area contributed by atoms with Crippen LogP contribution in [0.15, 0.2) is 78.9 Å². The highest BCUT2D eigenvalue weighted by Crippen LogP contribution is 2.24. The van der Waals surface area contributed by atoms with Crippen LogP contribution >= 0.6 is 11.6 Å². The monoisotopic (exact) mass is 431 g/mol. The Morgan fingerprint density at radius 1 is 0.968 bits per heavy atom. The molecular formula is C24H18ClN3O3. The molecule has 0 aliphatic rings. The van der Waals surface area contributed by atoms with Crippen LogP contribution in [0.2, 0.25) is 5.02 Å². The molecule has 0 radical (unpaired) electrons. The van der Waals surface area contributed by atoms with Gasteiger partial charge in [0.15, 0.2) is 18.2 Å². The third kappa shape index (κ3) is 4.54. The number of Topliss-reactive ketones (excluding diaryl/α,β-unsaturated/α-hetero) is 1. The third-order valence-corrected chi connectivity index (χ3v) is 5.06. The maximum absolute atomic E-state index is 12.6. The minimum absolute atomic E-state index is 0.142. The molecule has 1 heterocycles. The molecule has 0 N–H and O–H groups in total. The number of benzene rings is 3. The maximum Gasteiger partial charge on any atom is 0.378 e. The van der Waals surface area contributed by atoms with Gasteiger partial charge in [-0.1, -0.05) is 78.3 Å². The average molecular weight is 432 g/mol. The van der Waals surface area contributed by atoms with Crippen molar-refractivity contribution in [2.75, 3.05) is 6.61 Å². The first-order valence-electron chi connectivity index (χ1n) is 9.57. The van der Waals surface area contributed by atoms with Gasteiger partial charge in [-0.25, -0.2) is 14.5 Å². The highest BCUT2D eigenvalue weighted by molar-refractivity contribution is 6.31. The quantitative estimate of drug-likeness (QED) is 0.319. The fraction of sp³-hybridized carbons (Fsp3) is 0.0833. The van der Waals surface area contributed by atoms with E-state index in [0.717, 1.165) is 11.1 Å². The van der Waals surface area contributed by atoms with Gasteiger partial charge >= 0.3 is 5.97 Å². The van der Waals surface area contributed by atoms with E-state index < -0.39 is 12.6 Å². The summed E-state index contributed by atoms with van der Waals surface area (Å²) in [4.78, 5) is 29.2. The lowest BCUT2D eigenvalue weighted by Gasteiger charge is -2.07. The molecule has 0 fully saturated rings. The van der Waals surface area contributed by atoms with Crippen LogP contribution in [0.4, 0.5) is 0 Å². The number of halogens is 1. The zero-order valence-corrected chi connectivity index (χ0v) is 17.4. The van der Waals surface area contributed by atoms with Crippen molar-refractivity contribution in [2.24, 2.45) is 0 Å². The Labute approximate surface area is 184 Å². The van der Waals surface area contributed by atoms with Gasteiger partial charge in [0, 0.05) is 16.1 Å². The molecule has 6 nitrogen and oxygen atoms in total. The van der Waals surface area contributed by atoms with Gasteiger partial charge in [-0.05, 0) is 24.6 Å². The van der Waals surface area contributed by atoms with Gasteiger partial charge in [-0.2, -0.15) is 0 Å². The van der Waals surface area contributed by atoms with E-state index in [0.29, 0.717) is 22.1 Å². The van der Waals surface area contributed by atoms with Crippen LogP contribution < -0.4 is 0 Å². The van der Waals surface area contributed by atoms with Crippen LogP contribution in [0.3, 0.4) is 0 Å². The van der Waals surface area contributed by atoms with Gasteiger partial charge in [0.25, 0.3) is 5.82 Å². The summed E-state index contributed by atoms with van der Waals surface area (Å²) in [5.74, 6) is -0.765. The SMILES string of the molecule is Cc1ccc(-n2nc(C(=O)OCC(=O)c3ccccc3)nc2-c2ccccc2)cc1Cl. The number of nitrogens with zero attached hydrogens (tertiary/aromatic N) is 3. The molecular weight excluding hydrogens is 414 g/mol. The summed E-state index contributed by atoms with van der Waals surface area (Å²) >= 11 is 6.28. The lowest BCUT2D eigenvalue weighted by molar-refractivity contribution is 0.0462. The highest BCUT2D eigenvalue weighted by atomic mass is 35.5. The molecule has 31 heavy (non-hydrogen) atoms. The molecule has 0 saturated heterocycles. The number of carbonyl (C=O) groups excluding carboxylic acids is 2. The van der Waals surface area contributed by atoms with Gasteiger partial charge < -0.3 is 4.74 Å². The van der Waals surface area contributed by atoms with E-state index in [9.17, 15) is 9.59 Å². The molecule has 0 atom stereocenters. The lowest BCUT2D eigenvalue weighted by Crippen LogP contribution is -2.15. The van der Waals surface area contributed by atoms with Gasteiger partial charge in [0.05, 0.1) is 5.69 Å². The number of carbonyl (C=O) groups is 2. The topological polar surface area (TPSA) is 74.1 Å². The first-order chi connectivity index (χ1) is 15.0. The number of esters is 1. The van der Waals surface area contributed by atoms with Crippen molar-refractivity contribution in [2.45, 2.75) is 6.92 Å². The summed E-state index contributed by atoms with van der Waals surface area (Å²) in [7, 11) is 0. The van der Waals surface area contributed by atoms with E-state index in [1.165, 1.54) is 4.68 Å². The van der Waals surface area contributed by atoms with Crippen LogP contribution in [-0.4, -0.2) is 33.1 Å². The minimum atomic E-state index is -0.779. The molecule has 4 rings (SSSR count). The lowest BCUT2D eigenvalue weighted by atomic mass is 10.1. The van der Waals surface area contributed by atoms with Crippen LogP contribution in [-0.2, 0) is 4.74 Å². The Balaban J connectivity index is 1.64. The Hall–Kier alpha value is -3.77. The van der Waals surface area contributed by atoms with Gasteiger partial charge in [0.1, 0.15) is 0 Å². The Bertz CT molecular complexity index is 1240. The number of rotatable bonds is 6. The predicted molar refractivity (Wildman–Crippen MR) is 118 cm³/mol. The number of hydrogen-bond acceptors (Lipinski definition) is 5. The van der Waals surface area contributed by atoms with E-state index in [1.54, 1.807) is 30.3 Å². The van der Waals surface area contributed by atoms with Crippen LogP contribution in [0.25, 0.3) is 17.1 Å². The third-order valence-electron chi connectivity index (χ3n) is 4.65. The highest BCUT2D eigenvalue weighted by Gasteiger charge is 2.21. The van der Waals surface area contributed by atoms with E-state index in [1.807, 2.05) is 55.5 Å². The molecule has 0 amide bonds. The van der Waals surface area contributed by atoms with Crippen molar-refractivity contribution in [3.8, 4) is 17.1 Å². The summed E-state index contributed by atoms with van der Waals surface area (Å²) < 4.78 is 6.71. The van der Waals surface area contributed by atoms with Crippen molar-refractivity contribution >= 4 is 23.4 Å². The van der Waals surface area contributed by atoms with Crippen molar-refractivity contribution in [1.29, 1.82) is 0 Å². The molecule has 1 aromatic heterocycles. The van der Waals surface area contributed by atoms with Gasteiger partial charge in [-0.3, -0.25) is 4.79 Å². The smallest absolute Gasteiger partial charge is 0.378 e. The van der Waals surface area contributed by atoms with E-state index >= 15 is 0 Å². The van der Waals surface area contributed by atoms with Crippen molar-refractivity contribution in [1.82, 2.24) is 14.8 Å². The zero-order chi connectivity index (χ0) is 21.8. The van der Waals surface area contributed by atoms with Gasteiger partial charge in [-0.15, -0.1) is 5.10 Å². The van der Waals surface area contributed by atoms with Crippen LogP contribution in [0.1, 0.15) is 26.5 Å². The molecule has 154 valence electrons. The second kappa shape index (κ2) is 8.93. The average Bonchev–Trinajstić information content (AvgIpc) is 3.26. The summed E-state index contributed by atoms with van der Waals surface area (Å²) in [6.45, 7) is 1.51. The van der Waals surface area contributed by atoms with Crippen molar-refractivity contribution < 1.29 is 14.3 Å². The van der Waals surface area contributed by atoms with Crippen LogP contribution in [0, 0.1) is 6.92 Å². The van der Waals surface area contributed by atoms with E-state index in [-0.39, 0.29) is 11.6 Å². The standard InChI is InChI=1S/C24H18ClN3O3/c1-16-12-13-19(14-20(16)25)28-23(18-10-6-3-7-11-18)26-22(27-28)24(30)31-15-21(29)17-8-4-2-5-9-17/h2-14H,15H2,1H3. The summed E-state index contributed by atoms with van der Waals surface area (Å²) in [5, 5.41) is 4.91. The first kappa shape index (κ1) is 20.5. The zero-order valence-electron chi connectivity index (χ0n) is 16.7. The molecule has 0 spiro atoms. The van der Waals surface area contributed by atoms with Crippen molar-refractivity contribution in [3.05, 3.63) is 101 Å². The molecule has 4 aromatic rings. The molecule has 0 aliphatic heterocycles. The predicted octanol–water partition coefficient (Wildman–Crippen LogP) is 4.94. The second-order valence-corrected chi connectivity index (χ2v) is 7.24. The van der Waals surface area contributed by atoms with Gasteiger partial charge in [0.2, 0.25) is 0 Å². The van der Waals surface area contributed by atoms with Crippen LogP contribution in [0.5, 0.6) is 0 Å². The number of aryl methyl sites for hydroxylation is 1. The normalized spacial score (nSPS) is 10.6. The molecule has 7 heteroatoms. The molecule has 0 unspecified atom stereocenters. The second-order valence-electron chi connectivity index (χ2n) is 6.84. The summed E-state index contributed by atoms with van der Waals surface area (Å²) in [6, 6.07) is 23.4. The van der Waals surface area contributed by atoms with E-state index in [2.05, 4.69) is 10.1 Å². The first-order valence-corrected chi connectivity index (χ1v) is 9.95. The van der Waals surface area contributed by atoms with Crippen molar-refractivity contribution in [3.63, 3.8) is 0 Å². The Kier molecular flexibility index (Phi) is 5.91. The minimum Gasteiger partial charge on any atom is -0.451 e. The Morgan fingerprint density at radius 3 is 2.32 bits per heavy atom. The molecule has 0 bridgehead atoms. The molecule has 0 aliphatic carbocycles. The number of ketones is 1. The number of hydrogen-bond donors (Lipinski definition) is 0. The molecule has 0 saturated carbocycles. The summed E-state index contributed by atoms with van der Waals surface area (Å²) in [5.41, 5.74) is 2.81. The molecule has 3 aromatic carbocycles. The summed E-state index contributed by atoms with van der Waals surface area (Å²) in [6.07, 6.45) is 0. The number of aromatic nitrogens is 3. The Morgan fingerprint density at radius 2 is 1.65 bits per heavy atom. The van der Waals surface area contributed by atoms with E-state index in [4.69, 9.17) is 16.3 Å². The fourth-order valence-electron chi connectivity index (χ4n) is 2.97. The largest absolute Gasteiger partial charge is 0.451 e. The fourth-order valence-corrected chi connectivity index (χ4v) is 3.14. The number of ether oxygens (including phenoxy) is 1.